The van der Waals surface area contributed by atoms with Crippen LogP contribution in [0.5, 0.6) is 0 Å². The quantitative estimate of drug-likeness (QED) is 0.783. The molecule has 1 rings (SSSR count). The molecule has 0 atom stereocenters. The molecule has 0 saturated carbocycles. The van der Waals surface area contributed by atoms with Crippen LogP contribution in [0.15, 0.2) is 34.5 Å². The van der Waals surface area contributed by atoms with Crippen LogP contribution in [0.3, 0.4) is 0 Å². The molecule has 0 aromatic heterocycles. The molecule has 0 bridgehead atoms. The zero-order valence-corrected chi connectivity index (χ0v) is 9.23. The third-order valence-electron chi connectivity index (χ3n) is 1.84. The van der Waals surface area contributed by atoms with Crippen LogP contribution in [-0.4, -0.2) is 25.3 Å². The summed E-state index contributed by atoms with van der Waals surface area (Å²) >= 11 is 0. The lowest BCUT2D eigenvalue weighted by molar-refractivity contribution is -0.115. The SMILES string of the molecule is CNC(=O)c1ccc(N=NCC(C)=O)cc1. The molecule has 0 unspecified atom stereocenters. The lowest BCUT2D eigenvalue weighted by Gasteiger charge is -1.98. The second-order valence-corrected chi connectivity index (χ2v) is 3.23. The van der Waals surface area contributed by atoms with E-state index in [0.717, 1.165) is 0 Å². The van der Waals surface area contributed by atoms with Crippen LogP contribution in [0.4, 0.5) is 5.69 Å². The Kier molecular flexibility index (Phi) is 4.32. The molecule has 5 heteroatoms. The Morgan fingerprint density at radius 2 is 1.88 bits per heavy atom. The maximum Gasteiger partial charge on any atom is 0.251 e. The lowest BCUT2D eigenvalue weighted by atomic mass is 10.2. The summed E-state index contributed by atoms with van der Waals surface area (Å²) in [5, 5.41) is 10.1. The Morgan fingerprint density at radius 1 is 1.25 bits per heavy atom. The van der Waals surface area contributed by atoms with Gasteiger partial charge in [-0.05, 0) is 31.2 Å². The molecular formula is C11H13N3O2. The standard InChI is InChI=1S/C11H13N3O2/c1-8(15)7-13-14-10-5-3-9(4-6-10)11(16)12-2/h3-6H,7H2,1-2H3,(H,12,16). The smallest absolute Gasteiger partial charge is 0.251 e. The Balaban J connectivity index is 2.68. The molecule has 16 heavy (non-hydrogen) atoms. The highest BCUT2D eigenvalue weighted by atomic mass is 16.1. The van der Waals surface area contributed by atoms with Crippen molar-refractivity contribution in [3.63, 3.8) is 0 Å². The minimum absolute atomic E-state index is 0.0364. The summed E-state index contributed by atoms with van der Waals surface area (Å²) in [7, 11) is 1.57. The number of carbonyl (C=O) groups is 2. The fourth-order valence-electron chi connectivity index (χ4n) is 1.04. The van der Waals surface area contributed by atoms with Crippen molar-refractivity contribution in [3.8, 4) is 0 Å². The van der Waals surface area contributed by atoms with Crippen molar-refractivity contribution in [2.45, 2.75) is 6.92 Å². The summed E-state index contributed by atoms with van der Waals surface area (Å²) in [5.41, 5.74) is 1.18. The van der Waals surface area contributed by atoms with E-state index in [-0.39, 0.29) is 18.2 Å². The topological polar surface area (TPSA) is 70.9 Å². The summed E-state index contributed by atoms with van der Waals surface area (Å²) in [6.07, 6.45) is 0. The number of amides is 1. The van der Waals surface area contributed by atoms with Gasteiger partial charge in [-0.1, -0.05) is 0 Å². The number of azo groups is 1. The van der Waals surface area contributed by atoms with Gasteiger partial charge in [-0.25, -0.2) is 0 Å². The Hall–Kier alpha value is -2.04. The highest BCUT2D eigenvalue weighted by Crippen LogP contribution is 2.13. The van der Waals surface area contributed by atoms with Gasteiger partial charge in [-0.2, -0.15) is 10.2 Å². The fourth-order valence-corrected chi connectivity index (χ4v) is 1.04. The molecule has 0 aliphatic carbocycles. The predicted octanol–water partition coefficient (Wildman–Crippen LogP) is 1.72. The van der Waals surface area contributed by atoms with Crippen molar-refractivity contribution in [2.24, 2.45) is 10.2 Å². The van der Waals surface area contributed by atoms with Gasteiger partial charge in [-0.15, -0.1) is 0 Å². The van der Waals surface area contributed by atoms with Crippen molar-refractivity contribution in [1.29, 1.82) is 0 Å². The van der Waals surface area contributed by atoms with Gasteiger partial charge >= 0.3 is 0 Å². The van der Waals surface area contributed by atoms with Gasteiger partial charge in [0, 0.05) is 12.6 Å². The zero-order valence-electron chi connectivity index (χ0n) is 9.23. The third-order valence-corrected chi connectivity index (χ3v) is 1.84. The third kappa shape index (κ3) is 3.61. The molecular weight excluding hydrogens is 206 g/mol. The van der Waals surface area contributed by atoms with Crippen molar-refractivity contribution < 1.29 is 9.59 Å². The van der Waals surface area contributed by atoms with Gasteiger partial charge in [0.25, 0.3) is 5.91 Å². The first-order valence-corrected chi connectivity index (χ1v) is 4.82. The molecule has 0 heterocycles. The van der Waals surface area contributed by atoms with Crippen molar-refractivity contribution in [2.75, 3.05) is 13.6 Å². The molecule has 1 aromatic carbocycles. The summed E-state index contributed by atoms with van der Waals surface area (Å²) in [5.74, 6) is -0.182. The van der Waals surface area contributed by atoms with E-state index in [1.165, 1.54) is 6.92 Å². The molecule has 0 saturated heterocycles. The second-order valence-electron chi connectivity index (χ2n) is 3.23. The number of carbonyl (C=O) groups excluding carboxylic acids is 2. The van der Waals surface area contributed by atoms with Gasteiger partial charge < -0.3 is 5.32 Å². The average Bonchev–Trinajstić information content (AvgIpc) is 2.28. The Bertz CT molecular complexity index is 410. The minimum Gasteiger partial charge on any atom is -0.355 e. The Labute approximate surface area is 93.6 Å². The molecule has 0 aliphatic rings. The van der Waals surface area contributed by atoms with Gasteiger partial charge in [0.1, 0.15) is 6.54 Å². The van der Waals surface area contributed by atoms with E-state index in [1.54, 1.807) is 31.3 Å². The fraction of sp³-hybridized carbons (Fsp3) is 0.273. The van der Waals surface area contributed by atoms with Crippen LogP contribution in [-0.2, 0) is 4.79 Å². The monoisotopic (exact) mass is 219 g/mol. The summed E-state index contributed by atoms with van der Waals surface area (Å²) < 4.78 is 0. The van der Waals surface area contributed by atoms with Gasteiger partial charge in [0.2, 0.25) is 0 Å². The van der Waals surface area contributed by atoms with Crippen molar-refractivity contribution in [1.82, 2.24) is 5.32 Å². The summed E-state index contributed by atoms with van der Waals surface area (Å²) in [6, 6.07) is 6.66. The number of Topliss-reactive ketones (excluding diaryl/α,β-unsaturated/α-hetero) is 1. The molecule has 1 amide bonds. The van der Waals surface area contributed by atoms with Crippen LogP contribution in [0.25, 0.3) is 0 Å². The van der Waals surface area contributed by atoms with E-state index in [2.05, 4.69) is 15.5 Å². The number of hydrogen-bond donors (Lipinski definition) is 1. The number of rotatable bonds is 4. The first-order chi connectivity index (χ1) is 7.63. The second kappa shape index (κ2) is 5.75. The van der Waals surface area contributed by atoms with Gasteiger partial charge in [0.15, 0.2) is 5.78 Å². The van der Waals surface area contributed by atoms with Crippen molar-refractivity contribution in [3.05, 3.63) is 29.8 Å². The van der Waals surface area contributed by atoms with Crippen LogP contribution in [0.2, 0.25) is 0 Å². The molecule has 1 N–H and O–H groups in total. The molecule has 1 aromatic rings. The summed E-state index contributed by atoms with van der Waals surface area (Å²) in [4.78, 5) is 21.8. The lowest BCUT2D eigenvalue weighted by Crippen LogP contribution is -2.17. The van der Waals surface area contributed by atoms with Crippen LogP contribution in [0.1, 0.15) is 17.3 Å². The van der Waals surface area contributed by atoms with Gasteiger partial charge in [-0.3, -0.25) is 9.59 Å². The molecule has 0 fully saturated rings. The largest absolute Gasteiger partial charge is 0.355 e. The van der Waals surface area contributed by atoms with E-state index >= 15 is 0 Å². The maximum atomic E-state index is 11.2. The minimum atomic E-state index is -0.146. The highest BCUT2D eigenvalue weighted by molar-refractivity contribution is 5.94. The average molecular weight is 219 g/mol. The highest BCUT2D eigenvalue weighted by Gasteiger charge is 2.01. The zero-order chi connectivity index (χ0) is 12.0. The maximum absolute atomic E-state index is 11.2. The number of benzene rings is 1. The first-order valence-electron chi connectivity index (χ1n) is 4.82. The molecule has 0 radical (unpaired) electrons. The van der Waals surface area contributed by atoms with Crippen molar-refractivity contribution >= 4 is 17.4 Å². The predicted molar refractivity (Wildman–Crippen MR) is 59.9 cm³/mol. The number of nitrogens with one attached hydrogen (secondary N) is 1. The van der Waals surface area contributed by atoms with E-state index in [9.17, 15) is 9.59 Å². The Morgan fingerprint density at radius 3 is 2.38 bits per heavy atom. The number of hydrogen-bond acceptors (Lipinski definition) is 4. The van der Waals surface area contributed by atoms with E-state index < -0.39 is 0 Å². The number of nitrogens with zero attached hydrogens (tertiary/aromatic N) is 2. The van der Waals surface area contributed by atoms with Gasteiger partial charge in [0.05, 0.1) is 5.69 Å². The molecule has 5 nitrogen and oxygen atoms in total. The van der Waals surface area contributed by atoms with Crippen LogP contribution in [0, 0.1) is 0 Å². The van der Waals surface area contributed by atoms with E-state index in [0.29, 0.717) is 11.3 Å². The van der Waals surface area contributed by atoms with E-state index in [1.807, 2.05) is 0 Å². The molecule has 84 valence electrons. The molecule has 0 spiro atoms. The molecule has 0 aliphatic heterocycles. The number of ketones is 1. The van der Waals surface area contributed by atoms with Crippen LogP contribution >= 0.6 is 0 Å². The summed E-state index contributed by atoms with van der Waals surface area (Å²) in [6.45, 7) is 1.53. The normalized spacial score (nSPS) is 10.4. The first kappa shape index (κ1) is 12.0. The van der Waals surface area contributed by atoms with E-state index in [4.69, 9.17) is 0 Å². The van der Waals surface area contributed by atoms with Crippen LogP contribution < -0.4 is 5.32 Å².